The Balaban J connectivity index is 2.69. The first-order chi connectivity index (χ1) is 8.84. The Morgan fingerprint density at radius 3 is 2.53 bits per heavy atom. The summed E-state index contributed by atoms with van der Waals surface area (Å²) >= 11 is 1.50. The SMILES string of the molecule is CC(=O)NCCC(=O)N1C(C(=O)O)CSC1C(C)C. The van der Waals surface area contributed by atoms with E-state index in [1.54, 1.807) is 0 Å². The van der Waals surface area contributed by atoms with Crippen LogP contribution in [0.4, 0.5) is 0 Å². The van der Waals surface area contributed by atoms with Crippen LogP contribution in [0.15, 0.2) is 0 Å². The number of thioether (sulfide) groups is 1. The van der Waals surface area contributed by atoms with Gasteiger partial charge in [0.15, 0.2) is 0 Å². The van der Waals surface area contributed by atoms with Crippen molar-refractivity contribution in [2.45, 2.75) is 38.6 Å². The van der Waals surface area contributed by atoms with E-state index in [0.29, 0.717) is 5.75 Å². The Bertz CT molecular complexity index is 373. The Labute approximate surface area is 116 Å². The number of carbonyl (C=O) groups excluding carboxylic acids is 2. The van der Waals surface area contributed by atoms with Gasteiger partial charge in [0.2, 0.25) is 11.8 Å². The van der Waals surface area contributed by atoms with Gasteiger partial charge in [-0.25, -0.2) is 4.79 Å². The highest BCUT2D eigenvalue weighted by Gasteiger charge is 2.42. The maximum absolute atomic E-state index is 12.2. The maximum Gasteiger partial charge on any atom is 0.327 e. The van der Waals surface area contributed by atoms with Crippen LogP contribution < -0.4 is 5.32 Å². The normalized spacial score (nSPS) is 22.6. The second-order valence-electron chi connectivity index (χ2n) is 4.86. The molecule has 2 amide bonds. The van der Waals surface area contributed by atoms with Crippen LogP contribution in [0.3, 0.4) is 0 Å². The van der Waals surface area contributed by atoms with Gasteiger partial charge in [-0.15, -0.1) is 11.8 Å². The summed E-state index contributed by atoms with van der Waals surface area (Å²) in [5, 5.41) is 11.6. The summed E-state index contributed by atoms with van der Waals surface area (Å²) in [5.41, 5.74) is 0. The van der Waals surface area contributed by atoms with Crippen LogP contribution in [-0.4, -0.2) is 51.5 Å². The number of rotatable bonds is 5. The van der Waals surface area contributed by atoms with Gasteiger partial charge < -0.3 is 15.3 Å². The fourth-order valence-corrected chi connectivity index (χ4v) is 3.51. The molecule has 0 saturated carbocycles. The largest absolute Gasteiger partial charge is 0.480 e. The van der Waals surface area contributed by atoms with E-state index in [1.807, 2.05) is 13.8 Å². The minimum atomic E-state index is -0.969. The first-order valence-corrected chi connectivity index (χ1v) is 7.29. The molecule has 2 N–H and O–H groups in total. The highest BCUT2D eigenvalue weighted by Crippen LogP contribution is 2.34. The number of nitrogens with one attached hydrogen (secondary N) is 1. The van der Waals surface area contributed by atoms with E-state index in [-0.39, 0.29) is 36.1 Å². The highest BCUT2D eigenvalue weighted by atomic mass is 32.2. The van der Waals surface area contributed by atoms with Crippen molar-refractivity contribution in [2.24, 2.45) is 5.92 Å². The molecule has 0 spiro atoms. The number of hydrogen-bond donors (Lipinski definition) is 2. The molecule has 1 heterocycles. The molecular formula is C12H20N2O4S. The summed E-state index contributed by atoms with van der Waals surface area (Å²) in [7, 11) is 0. The van der Waals surface area contributed by atoms with E-state index in [9.17, 15) is 14.4 Å². The van der Waals surface area contributed by atoms with Gasteiger partial charge in [-0.2, -0.15) is 0 Å². The van der Waals surface area contributed by atoms with Crippen molar-refractivity contribution in [1.82, 2.24) is 10.2 Å². The van der Waals surface area contributed by atoms with Crippen LogP contribution in [0, 0.1) is 5.92 Å². The molecule has 0 aromatic heterocycles. The van der Waals surface area contributed by atoms with Crippen molar-refractivity contribution < 1.29 is 19.5 Å². The zero-order valence-electron chi connectivity index (χ0n) is 11.4. The predicted octanol–water partition coefficient (Wildman–Crippen LogP) is 0.523. The summed E-state index contributed by atoms with van der Waals surface area (Å²) in [4.78, 5) is 35.6. The number of carboxylic acid groups (broad SMARTS) is 1. The van der Waals surface area contributed by atoms with Crippen molar-refractivity contribution in [3.8, 4) is 0 Å². The van der Waals surface area contributed by atoms with Gasteiger partial charge in [-0.1, -0.05) is 13.8 Å². The number of carboxylic acids is 1. The van der Waals surface area contributed by atoms with Crippen LogP contribution >= 0.6 is 11.8 Å². The van der Waals surface area contributed by atoms with E-state index >= 15 is 0 Å². The molecule has 0 radical (unpaired) electrons. The van der Waals surface area contributed by atoms with Gasteiger partial charge in [0.05, 0.1) is 5.37 Å². The summed E-state index contributed by atoms with van der Waals surface area (Å²) in [6, 6.07) is -0.762. The van der Waals surface area contributed by atoms with Gasteiger partial charge in [0.25, 0.3) is 0 Å². The number of carbonyl (C=O) groups is 3. The molecular weight excluding hydrogens is 268 g/mol. The van der Waals surface area contributed by atoms with Crippen molar-refractivity contribution >= 4 is 29.5 Å². The smallest absolute Gasteiger partial charge is 0.327 e. The third kappa shape index (κ3) is 4.12. The monoisotopic (exact) mass is 288 g/mol. The molecule has 0 aromatic rings. The molecule has 7 heteroatoms. The topological polar surface area (TPSA) is 86.7 Å². The van der Waals surface area contributed by atoms with E-state index in [0.717, 1.165) is 0 Å². The lowest BCUT2D eigenvalue weighted by Gasteiger charge is -2.29. The van der Waals surface area contributed by atoms with Crippen molar-refractivity contribution in [3.05, 3.63) is 0 Å². The van der Waals surface area contributed by atoms with Gasteiger partial charge in [-0.3, -0.25) is 9.59 Å². The van der Waals surface area contributed by atoms with Gasteiger partial charge >= 0.3 is 5.97 Å². The molecule has 1 aliphatic rings. The van der Waals surface area contributed by atoms with E-state index in [4.69, 9.17) is 5.11 Å². The first kappa shape index (κ1) is 15.8. The minimum Gasteiger partial charge on any atom is -0.480 e. The average molecular weight is 288 g/mol. The predicted molar refractivity (Wildman–Crippen MR) is 72.7 cm³/mol. The third-order valence-electron chi connectivity index (χ3n) is 2.89. The van der Waals surface area contributed by atoms with Crippen LogP contribution in [0.5, 0.6) is 0 Å². The molecule has 2 atom stereocenters. The summed E-state index contributed by atoms with van der Waals surface area (Å²) in [6.07, 6.45) is 0.132. The van der Waals surface area contributed by atoms with E-state index < -0.39 is 12.0 Å². The lowest BCUT2D eigenvalue weighted by molar-refractivity contribution is -0.149. The second kappa shape index (κ2) is 6.79. The average Bonchev–Trinajstić information content (AvgIpc) is 2.72. The number of nitrogens with zero attached hydrogens (tertiary/aromatic N) is 1. The summed E-state index contributed by atoms with van der Waals surface area (Å²) in [6.45, 7) is 5.56. The maximum atomic E-state index is 12.2. The fourth-order valence-electron chi connectivity index (χ4n) is 2.02. The standard InChI is InChI=1S/C12H20N2O4S/c1-7(2)11-14(9(6-19-11)12(17)18)10(16)4-5-13-8(3)15/h7,9,11H,4-6H2,1-3H3,(H,13,15)(H,17,18). The Morgan fingerprint density at radius 2 is 2.05 bits per heavy atom. The Morgan fingerprint density at radius 1 is 1.42 bits per heavy atom. The molecule has 0 aromatic carbocycles. The third-order valence-corrected chi connectivity index (χ3v) is 4.51. The van der Waals surface area contributed by atoms with Crippen LogP contribution in [0.2, 0.25) is 0 Å². The first-order valence-electron chi connectivity index (χ1n) is 6.24. The molecule has 1 rings (SSSR count). The number of amides is 2. The molecule has 1 aliphatic heterocycles. The Kier molecular flexibility index (Phi) is 5.65. The molecule has 2 unspecified atom stereocenters. The molecule has 1 saturated heterocycles. The number of hydrogen-bond acceptors (Lipinski definition) is 4. The lowest BCUT2D eigenvalue weighted by Crippen LogP contribution is -2.47. The number of aliphatic carboxylic acids is 1. The summed E-state index contributed by atoms with van der Waals surface area (Å²) in [5.74, 6) is -0.768. The van der Waals surface area contributed by atoms with Crippen LogP contribution in [0.25, 0.3) is 0 Å². The lowest BCUT2D eigenvalue weighted by atomic mass is 10.1. The molecule has 19 heavy (non-hydrogen) atoms. The van der Waals surface area contributed by atoms with E-state index in [1.165, 1.54) is 23.6 Å². The van der Waals surface area contributed by atoms with E-state index in [2.05, 4.69) is 5.32 Å². The quantitative estimate of drug-likeness (QED) is 0.770. The Hall–Kier alpha value is -1.24. The molecule has 1 fully saturated rings. The van der Waals surface area contributed by atoms with Crippen LogP contribution in [0.1, 0.15) is 27.2 Å². The summed E-state index contributed by atoms with van der Waals surface area (Å²) < 4.78 is 0. The van der Waals surface area contributed by atoms with Crippen LogP contribution in [-0.2, 0) is 14.4 Å². The second-order valence-corrected chi connectivity index (χ2v) is 6.01. The molecule has 108 valence electrons. The van der Waals surface area contributed by atoms with Crippen molar-refractivity contribution in [3.63, 3.8) is 0 Å². The zero-order valence-corrected chi connectivity index (χ0v) is 12.2. The molecule has 0 aliphatic carbocycles. The molecule has 6 nitrogen and oxygen atoms in total. The van der Waals surface area contributed by atoms with Gasteiger partial charge in [0, 0.05) is 25.6 Å². The van der Waals surface area contributed by atoms with Gasteiger partial charge in [-0.05, 0) is 5.92 Å². The fraction of sp³-hybridized carbons (Fsp3) is 0.750. The highest BCUT2D eigenvalue weighted by molar-refractivity contribution is 8.00. The molecule has 0 bridgehead atoms. The van der Waals surface area contributed by atoms with Gasteiger partial charge in [0.1, 0.15) is 6.04 Å². The van der Waals surface area contributed by atoms with Crippen molar-refractivity contribution in [2.75, 3.05) is 12.3 Å². The zero-order chi connectivity index (χ0) is 14.6. The minimum absolute atomic E-state index is 0.106. The van der Waals surface area contributed by atoms with Crippen molar-refractivity contribution in [1.29, 1.82) is 0 Å².